The molecule has 0 saturated heterocycles. The summed E-state index contributed by atoms with van der Waals surface area (Å²) in [7, 11) is 0. The number of carbonyl (C=O) groups excluding carboxylic acids is 1. The minimum absolute atomic E-state index is 0.156. The van der Waals surface area contributed by atoms with Gasteiger partial charge in [-0.15, -0.1) is 0 Å². The third-order valence-corrected chi connectivity index (χ3v) is 4.23. The summed E-state index contributed by atoms with van der Waals surface area (Å²) in [6.45, 7) is 4.04. The van der Waals surface area contributed by atoms with Gasteiger partial charge in [0.05, 0.1) is 11.2 Å². The molecule has 1 aliphatic rings. The monoisotopic (exact) mass is 282 g/mol. The van der Waals surface area contributed by atoms with Gasteiger partial charge in [-0.05, 0) is 19.8 Å². The second-order valence-electron chi connectivity index (χ2n) is 5.86. The fourth-order valence-electron chi connectivity index (χ4n) is 2.92. The first-order valence-corrected chi connectivity index (χ1v) is 7.73. The van der Waals surface area contributed by atoms with Crippen LogP contribution in [0.5, 0.6) is 0 Å². The fourth-order valence-corrected chi connectivity index (χ4v) is 3.16. The maximum Gasteiger partial charge on any atom is 0.182 e. The Kier molecular flexibility index (Phi) is 5.03. The summed E-state index contributed by atoms with van der Waals surface area (Å²) in [6, 6.07) is 0.167. The number of aromatic nitrogens is 2. The van der Waals surface area contributed by atoms with Crippen LogP contribution >= 0.6 is 11.6 Å². The summed E-state index contributed by atoms with van der Waals surface area (Å²) in [4.78, 5) is 12.5. The minimum atomic E-state index is 0.156. The maximum absolute atomic E-state index is 12.5. The number of rotatable bonds is 4. The summed E-state index contributed by atoms with van der Waals surface area (Å²) in [5.41, 5.74) is 0.598. The van der Waals surface area contributed by atoms with Gasteiger partial charge in [-0.1, -0.05) is 50.1 Å². The van der Waals surface area contributed by atoms with Gasteiger partial charge in [-0.25, -0.2) is 0 Å². The van der Waals surface area contributed by atoms with Gasteiger partial charge >= 0.3 is 0 Å². The van der Waals surface area contributed by atoms with Crippen LogP contribution in [0.1, 0.15) is 75.3 Å². The summed E-state index contributed by atoms with van der Waals surface area (Å²) >= 11 is 6.13. The van der Waals surface area contributed by atoms with E-state index >= 15 is 0 Å². The number of hydrogen-bond acceptors (Lipinski definition) is 2. The van der Waals surface area contributed by atoms with Gasteiger partial charge in [0.1, 0.15) is 5.69 Å². The second-order valence-corrected chi connectivity index (χ2v) is 6.27. The summed E-state index contributed by atoms with van der Waals surface area (Å²) in [5.74, 6) is 0.685. The highest BCUT2D eigenvalue weighted by molar-refractivity contribution is 6.33. The maximum atomic E-state index is 12.5. The molecule has 1 saturated carbocycles. The highest BCUT2D eigenvalue weighted by Gasteiger charge is 2.23. The molecule has 2 rings (SSSR count). The van der Waals surface area contributed by atoms with Crippen LogP contribution < -0.4 is 0 Å². The lowest BCUT2D eigenvalue weighted by Gasteiger charge is -2.15. The zero-order valence-electron chi connectivity index (χ0n) is 11.9. The zero-order chi connectivity index (χ0) is 13.8. The number of ketones is 1. The molecule has 19 heavy (non-hydrogen) atoms. The largest absolute Gasteiger partial charge is 0.292 e. The quantitative estimate of drug-likeness (QED) is 0.594. The molecule has 0 spiro atoms. The highest BCUT2D eigenvalue weighted by Crippen LogP contribution is 2.28. The van der Waals surface area contributed by atoms with E-state index in [0.29, 0.717) is 23.1 Å². The average molecular weight is 283 g/mol. The predicted octanol–water partition coefficient (Wildman–Crippen LogP) is 4.66. The molecule has 106 valence electrons. The Hall–Kier alpha value is -0.830. The molecule has 1 aliphatic carbocycles. The normalized spacial score (nSPS) is 17.7. The molecule has 1 aromatic rings. The molecule has 3 nitrogen and oxygen atoms in total. The summed E-state index contributed by atoms with van der Waals surface area (Å²) < 4.78 is 1.75. The second kappa shape index (κ2) is 6.56. The van der Waals surface area contributed by atoms with E-state index in [1.165, 1.54) is 38.5 Å². The summed E-state index contributed by atoms with van der Waals surface area (Å²) in [5, 5.41) is 4.70. The van der Waals surface area contributed by atoms with Crippen molar-refractivity contribution >= 4 is 17.4 Å². The van der Waals surface area contributed by atoms with Gasteiger partial charge < -0.3 is 0 Å². The first-order chi connectivity index (χ1) is 9.09. The van der Waals surface area contributed by atoms with Crippen molar-refractivity contribution in [2.45, 2.75) is 64.8 Å². The van der Waals surface area contributed by atoms with Gasteiger partial charge in [-0.3, -0.25) is 9.48 Å². The van der Waals surface area contributed by atoms with Crippen LogP contribution in [0.3, 0.4) is 0 Å². The van der Waals surface area contributed by atoms with Crippen molar-refractivity contribution < 1.29 is 4.79 Å². The van der Waals surface area contributed by atoms with E-state index in [9.17, 15) is 4.79 Å². The fraction of sp³-hybridized carbons (Fsp3) is 0.733. The number of Topliss-reactive ketones (excluding diaryl/α,β-unsaturated/α-hetero) is 1. The lowest BCUT2D eigenvalue weighted by Crippen LogP contribution is -2.16. The van der Waals surface area contributed by atoms with Crippen molar-refractivity contribution in [1.29, 1.82) is 0 Å². The Balaban J connectivity index is 2.08. The Labute approximate surface area is 120 Å². The van der Waals surface area contributed by atoms with Crippen molar-refractivity contribution in [3.05, 3.63) is 16.9 Å². The van der Waals surface area contributed by atoms with Gasteiger partial charge in [-0.2, -0.15) is 5.10 Å². The molecule has 0 radical (unpaired) electrons. The summed E-state index contributed by atoms with van der Waals surface area (Å²) in [6.07, 6.45) is 9.72. The van der Waals surface area contributed by atoms with E-state index in [0.717, 1.165) is 0 Å². The molecular formula is C15H23ClN2O. The smallest absolute Gasteiger partial charge is 0.182 e. The average Bonchev–Trinajstić information content (AvgIpc) is 2.58. The standard InChI is InChI=1S/C15H23ClN2O/c1-11(2)18-15(13(16)10-17-18)14(19)9-12-7-5-3-4-6-8-12/h10-12H,3-9H2,1-2H3. The van der Waals surface area contributed by atoms with Crippen molar-refractivity contribution in [1.82, 2.24) is 9.78 Å². The molecule has 1 aromatic heterocycles. The van der Waals surface area contributed by atoms with Crippen LogP contribution in [0, 0.1) is 5.92 Å². The Morgan fingerprint density at radius 2 is 2.00 bits per heavy atom. The Morgan fingerprint density at radius 3 is 2.58 bits per heavy atom. The van der Waals surface area contributed by atoms with Crippen LogP contribution in [0.15, 0.2) is 6.20 Å². The third-order valence-electron chi connectivity index (χ3n) is 3.95. The molecule has 0 unspecified atom stereocenters. The number of halogens is 1. The van der Waals surface area contributed by atoms with E-state index in [-0.39, 0.29) is 11.8 Å². The molecule has 0 aromatic carbocycles. The first-order valence-electron chi connectivity index (χ1n) is 7.35. The van der Waals surface area contributed by atoms with E-state index in [1.54, 1.807) is 10.9 Å². The number of nitrogens with zero attached hydrogens (tertiary/aromatic N) is 2. The predicted molar refractivity (Wildman–Crippen MR) is 77.8 cm³/mol. The van der Waals surface area contributed by atoms with E-state index in [1.807, 2.05) is 13.8 Å². The molecular weight excluding hydrogens is 260 g/mol. The SMILES string of the molecule is CC(C)n1ncc(Cl)c1C(=O)CC1CCCCCC1. The molecule has 0 amide bonds. The lowest BCUT2D eigenvalue weighted by atomic mass is 9.93. The Bertz CT molecular complexity index is 431. The van der Waals surface area contributed by atoms with Crippen molar-refractivity contribution in [2.24, 2.45) is 5.92 Å². The van der Waals surface area contributed by atoms with Gasteiger partial charge in [0.15, 0.2) is 5.78 Å². The van der Waals surface area contributed by atoms with Gasteiger partial charge in [0.2, 0.25) is 0 Å². The molecule has 1 fully saturated rings. The molecule has 0 atom stereocenters. The van der Waals surface area contributed by atoms with E-state index in [2.05, 4.69) is 5.10 Å². The molecule has 0 bridgehead atoms. The van der Waals surface area contributed by atoms with Crippen LogP contribution in [0.25, 0.3) is 0 Å². The highest BCUT2D eigenvalue weighted by atomic mass is 35.5. The zero-order valence-corrected chi connectivity index (χ0v) is 12.6. The van der Waals surface area contributed by atoms with Gasteiger partial charge in [0, 0.05) is 12.5 Å². The van der Waals surface area contributed by atoms with Crippen LogP contribution in [-0.4, -0.2) is 15.6 Å². The van der Waals surface area contributed by atoms with E-state index in [4.69, 9.17) is 11.6 Å². The Morgan fingerprint density at radius 1 is 1.37 bits per heavy atom. The van der Waals surface area contributed by atoms with Crippen molar-refractivity contribution in [2.75, 3.05) is 0 Å². The number of hydrogen-bond donors (Lipinski definition) is 0. The first kappa shape index (κ1) is 14.6. The number of carbonyl (C=O) groups is 1. The topological polar surface area (TPSA) is 34.9 Å². The van der Waals surface area contributed by atoms with Crippen LogP contribution in [0.2, 0.25) is 5.02 Å². The molecule has 0 aliphatic heterocycles. The minimum Gasteiger partial charge on any atom is -0.292 e. The third kappa shape index (κ3) is 3.59. The van der Waals surface area contributed by atoms with Crippen LogP contribution in [-0.2, 0) is 0 Å². The van der Waals surface area contributed by atoms with Crippen LogP contribution in [0.4, 0.5) is 0 Å². The molecule has 4 heteroatoms. The van der Waals surface area contributed by atoms with Crippen molar-refractivity contribution in [3.8, 4) is 0 Å². The van der Waals surface area contributed by atoms with Gasteiger partial charge in [0.25, 0.3) is 0 Å². The van der Waals surface area contributed by atoms with E-state index < -0.39 is 0 Å². The van der Waals surface area contributed by atoms with Crippen molar-refractivity contribution in [3.63, 3.8) is 0 Å². The molecule has 1 heterocycles. The lowest BCUT2D eigenvalue weighted by molar-refractivity contribution is 0.0944. The molecule has 0 N–H and O–H groups in total.